The third-order valence-corrected chi connectivity index (χ3v) is 3.34. The number of amidine groups is 1. The lowest BCUT2D eigenvalue weighted by molar-refractivity contribution is -0.387. The van der Waals surface area contributed by atoms with Crippen LogP contribution in [0.25, 0.3) is 0 Å². The minimum absolute atomic E-state index is 0.141. The number of nitrogens with zero attached hydrogens (tertiary/aromatic N) is 4. The van der Waals surface area contributed by atoms with Crippen LogP contribution in [0.5, 0.6) is 0 Å². The summed E-state index contributed by atoms with van der Waals surface area (Å²) in [7, 11) is 0. The molecule has 8 nitrogen and oxygen atoms in total. The molecule has 1 aromatic heterocycles. The van der Waals surface area contributed by atoms with Crippen LogP contribution in [0.3, 0.4) is 0 Å². The first kappa shape index (κ1) is 13.7. The Kier molecular flexibility index (Phi) is 4.11. The Morgan fingerprint density at radius 3 is 2.85 bits per heavy atom. The average Bonchev–Trinajstić information content (AvgIpc) is 2.47. The fourth-order valence-electron chi connectivity index (χ4n) is 1.42. The molecule has 0 bridgehead atoms. The summed E-state index contributed by atoms with van der Waals surface area (Å²) in [6.07, 6.45) is 2.91. The standard InChI is InChI=1S/C11H9N5O3S/c12-11(15-17)7-1-2-9(8(5-7)16(18)19)20-10-3-4-13-6-14-10/h1-6,17H,(H2,12,15). The lowest BCUT2D eigenvalue weighted by atomic mass is 10.2. The lowest BCUT2D eigenvalue weighted by Crippen LogP contribution is -2.13. The molecule has 0 aliphatic rings. The normalized spacial score (nSPS) is 11.3. The number of hydrogen-bond acceptors (Lipinski definition) is 7. The largest absolute Gasteiger partial charge is 0.409 e. The number of oxime groups is 1. The van der Waals surface area contributed by atoms with Gasteiger partial charge in [0.05, 0.1) is 9.82 Å². The van der Waals surface area contributed by atoms with E-state index in [4.69, 9.17) is 10.9 Å². The van der Waals surface area contributed by atoms with E-state index in [9.17, 15) is 10.1 Å². The first-order valence-corrected chi connectivity index (χ1v) is 6.13. The van der Waals surface area contributed by atoms with Gasteiger partial charge in [0.25, 0.3) is 5.69 Å². The molecular formula is C11H9N5O3S. The maximum absolute atomic E-state index is 11.1. The maximum atomic E-state index is 11.1. The number of rotatable bonds is 4. The van der Waals surface area contributed by atoms with E-state index in [1.165, 1.54) is 24.5 Å². The molecule has 0 saturated heterocycles. The van der Waals surface area contributed by atoms with Gasteiger partial charge in [-0.1, -0.05) is 16.9 Å². The quantitative estimate of drug-likeness (QED) is 0.219. The maximum Gasteiger partial charge on any atom is 0.284 e. The first-order valence-electron chi connectivity index (χ1n) is 5.32. The van der Waals surface area contributed by atoms with Crippen LogP contribution in [0.2, 0.25) is 0 Å². The minimum Gasteiger partial charge on any atom is -0.409 e. The molecular weight excluding hydrogens is 282 g/mol. The van der Waals surface area contributed by atoms with Gasteiger partial charge in [0.15, 0.2) is 5.84 Å². The highest BCUT2D eigenvalue weighted by atomic mass is 32.2. The number of benzene rings is 1. The molecule has 20 heavy (non-hydrogen) atoms. The summed E-state index contributed by atoms with van der Waals surface area (Å²) >= 11 is 1.13. The van der Waals surface area contributed by atoms with E-state index in [1.54, 1.807) is 12.3 Å². The molecule has 0 spiro atoms. The Hall–Kier alpha value is -2.68. The monoisotopic (exact) mass is 291 g/mol. The van der Waals surface area contributed by atoms with Gasteiger partial charge in [-0.3, -0.25) is 10.1 Å². The lowest BCUT2D eigenvalue weighted by Gasteiger charge is -2.04. The highest BCUT2D eigenvalue weighted by Crippen LogP contribution is 2.34. The Labute approximate surface area is 117 Å². The number of aromatic nitrogens is 2. The van der Waals surface area contributed by atoms with Crippen LogP contribution in [0.15, 0.2) is 51.9 Å². The van der Waals surface area contributed by atoms with Crippen molar-refractivity contribution in [2.45, 2.75) is 9.92 Å². The molecule has 0 saturated carbocycles. The smallest absolute Gasteiger partial charge is 0.284 e. The van der Waals surface area contributed by atoms with Crippen LogP contribution in [-0.2, 0) is 0 Å². The van der Waals surface area contributed by atoms with E-state index in [1.807, 2.05) is 0 Å². The van der Waals surface area contributed by atoms with Gasteiger partial charge < -0.3 is 10.9 Å². The summed E-state index contributed by atoms with van der Waals surface area (Å²) in [5.74, 6) is -0.188. The Balaban J connectivity index is 2.41. The molecule has 0 unspecified atom stereocenters. The van der Waals surface area contributed by atoms with E-state index in [2.05, 4.69) is 15.1 Å². The van der Waals surface area contributed by atoms with E-state index in [0.717, 1.165) is 11.8 Å². The minimum atomic E-state index is -0.530. The summed E-state index contributed by atoms with van der Waals surface area (Å²) in [4.78, 5) is 18.7. The third-order valence-electron chi connectivity index (χ3n) is 2.33. The second kappa shape index (κ2) is 5.97. The molecule has 1 aromatic carbocycles. The van der Waals surface area contributed by atoms with Gasteiger partial charge in [-0.2, -0.15) is 0 Å². The van der Waals surface area contributed by atoms with Crippen molar-refractivity contribution in [2.75, 3.05) is 0 Å². The van der Waals surface area contributed by atoms with Crippen molar-refractivity contribution in [3.05, 3.63) is 52.5 Å². The van der Waals surface area contributed by atoms with Crippen LogP contribution in [0, 0.1) is 10.1 Å². The van der Waals surface area contributed by atoms with Crippen molar-refractivity contribution in [1.82, 2.24) is 9.97 Å². The molecule has 3 N–H and O–H groups in total. The summed E-state index contributed by atoms with van der Waals surface area (Å²) in [5.41, 5.74) is 5.54. The summed E-state index contributed by atoms with van der Waals surface area (Å²) in [6, 6.07) is 5.95. The molecule has 0 amide bonds. The predicted octanol–water partition coefficient (Wildman–Crippen LogP) is 1.63. The van der Waals surface area contributed by atoms with E-state index in [-0.39, 0.29) is 17.1 Å². The molecule has 9 heteroatoms. The van der Waals surface area contributed by atoms with Gasteiger partial charge in [0, 0.05) is 17.8 Å². The van der Waals surface area contributed by atoms with Gasteiger partial charge in [-0.15, -0.1) is 0 Å². The number of nitro benzene ring substituents is 1. The van der Waals surface area contributed by atoms with Crippen LogP contribution in [0.1, 0.15) is 5.56 Å². The topological polar surface area (TPSA) is 128 Å². The molecule has 0 aliphatic heterocycles. The molecule has 0 atom stereocenters. The van der Waals surface area contributed by atoms with E-state index in [0.29, 0.717) is 9.92 Å². The molecule has 0 radical (unpaired) electrons. The summed E-state index contributed by atoms with van der Waals surface area (Å²) in [5, 5.41) is 23.1. The summed E-state index contributed by atoms with van der Waals surface area (Å²) < 4.78 is 0. The zero-order chi connectivity index (χ0) is 14.5. The van der Waals surface area contributed by atoms with E-state index < -0.39 is 4.92 Å². The number of nitro groups is 1. The predicted molar refractivity (Wildman–Crippen MR) is 71.8 cm³/mol. The fourth-order valence-corrected chi connectivity index (χ4v) is 2.24. The molecule has 2 rings (SSSR count). The highest BCUT2D eigenvalue weighted by Gasteiger charge is 2.17. The second-order valence-corrected chi connectivity index (χ2v) is 4.64. The van der Waals surface area contributed by atoms with Crippen molar-refractivity contribution in [2.24, 2.45) is 10.9 Å². The Bertz CT molecular complexity index is 662. The zero-order valence-electron chi connectivity index (χ0n) is 10.0. The van der Waals surface area contributed by atoms with Crippen molar-refractivity contribution in [3.8, 4) is 0 Å². The SMILES string of the molecule is NC(=NO)c1ccc(Sc2ccncn2)c([N+](=O)[O-])c1. The number of nitrogens with two attached hydrogens (primary N) is 1. The van der Waals surface area contributed by atoms with Crippen LogP contribution < -0.4 is 5.73 Å². The molecule has 0 fully saturated rings. The molecule has 1 heterocycles. The molecule has 0 aliphatic carbocycles. The van der Waals surface area contributed by atoms with Crippen molar-refractivity contribution in [1.29, 1.82) is 0 Å². The van der Waals surface area contributed by atoms with Gasteiger partial charge in [0.2, 0.25) is 0 Å². The zero-order valence-corrected chi connectivity index (χ0v) is 10.8. The van der Waals surface area contributed by atoms with Gasteiger partial charge in [0.1, 0.15) is 11.4 Å². The van der Waals surface area contributed by atoms with Gasteiger partial charge >= 0.3 is 0 Å². The van der Waals surface area contributed by atoms with Crippen LogP contribution in [0.4, 0.5) is 5.69 Å². The average molecular weight is 291 g/mol. The number of hydrogen-bond donors (Lipinski definition) is 2. The van der Waals surface area contributed by atoms with Gasteiger partial charge in [-0.05, 0) is 18.2 Å². The third kappa shape index (κ3) is 3.01. The molecule has 102 valence electrons. The van der Waals surface area contributed by atoms with Crippen LogP contribution in [-0.4, -0.2) is 25.9 Å². The van der Waals surface area contributed by atoms with Gasteiger partial charge in [-0.25, -0.2) is 9.97 Å². The summed E-state index contributed by atoms with van der Waals surface area (Å²) in [6.45, 7) is 0. The van der Waals surface area contributed by atoms with Crippen molar-refractivity contribution in [3.63, 3.8) is 0 Å². The first-order chi connectivity index (χ1) is 9.61. The highest BCUT2D eigenvalue weighted by molar-refractivity contribution is 7.99. The Morgan fingerprint density at radius 2 is 2.25 bits per heavy atom. The van der Waals surface area contributed by atoms with E-state index >= 15 is 0 Å². The Morgan fingerprint density at radius 1 is 1.45 bits per heavy atom. The van der Waals surface area contributed by atoms with Crippen molar-refractivity contribution < 1.29 is 10.1 Å². The fraction of sp³-hybridized carbons (Fsp3) is 0. The van der Waals surface area contributed by atoms with Crippen molar-refractivity contribution >= 4 is 23.3 Å². The molecule has 2 aromatic rings. The second-order valence-electron chi connectivity index (χ2n) is 3.57. The van der Waals surface area contributed by atoms with Crippen LogP contribution >= 0.6 is 11.8 Å².